The van der Waals surface area contributed by atoms with E-state index in [1.165, 1.54) is 56.1 Å². The Morgan fingerprint density at radius 1 is 1.08 bits per heavy atom. The van der Waals surface area contributed by atoms with Crippen LogP contribution in [0.4, 0.5) is 0 Å². The second-order valence-electron chi connectivity index (χ2n) is 13.4. The summed E-state index contributed by atoms with van der Waals surface area (Å²) in [6, 6.07) is 7.30. The Balaban J connectivity index is 1.62. The minimum absolute atomic E-state index is 0.0225. The zero-order valence-electron chi connectivity index (χ0n) is 24.5. The standard InChI is InChI=1S/C33H48N2O3/c1-22-28(31(36)34-26-12-16-38-17-13-26)21-35(29(22)30(37-6)23-10-8-7-9-11-23)27-19-24(32(2,3)4)18-25(20-27)33(5)14-15-33/h18-21,23,26,30H,7-17H2,1-6H3,(H,34,36). The average Bonchev–Trinajstić information content (AvgIpc) is 3.57. The lowest BCUT2D eigenvalue weighted by Gasteiger charge is -2.31. The predicted molar refractivity (Wildman–Crippen MR) is 153 cm³/mol. The molecule has 1 aromatic carbocycles. The van der Waals surface area contributed by atoms with Gasteiger partial charge in [0, 0.05) is 38.2 Å². The van der Waals surface area contributed by atoms with Gasteiger partial charge in [0.05, 0.1) is 11.3 Å². The van der Waals surface area contributed by atoms with Gasteiger partial charge >= 0.3 is 0 Å². The summed E-state index contributed by atoms with van der Waals surface area (Å²) in [5.74, 6) is 0.493. The molecule has 1 N–H and O–H groups in total. The number of aromatic nitrogens is 1. The summed E-state index contributed by atoms with van der Waals surface area (Å²) in [6.07, 6.45) is 12.4. The summed E-state index contributed by atoms with van der Waals surface area (Å²) in [6.45, 7) is 12.8. The van der Waals surface area contributed by atoms with Crippen molar-refractivity contribution in [3.8, 4) is 5.69 Å². The van der Waals surface area contributed by atoms with Crippen molar-refractivity contribution in [2.75, 3.05) is 20.3 Å². The van der Waals surface area contributed by atoms with Gasteiger partial charge in [-0.1, -0.05) is 53.0 Å². The number of carbonyl (C=O) groups excluding carboxylic acids is 1. The lowest BCUT2D eigenvalue weighted by Crippen LogP contribution is -2.39. The van der Waals surface area contributed by atoms with Crippen LogP contribution in [0.3, 0.4) is 0 Å². The van der Waals surface area contributed by atoms with Crippen LogP contribution in [0, 0.1) is 12.8 Å². The van der Waals surface area contributed by atoms with Crippen molar-refractivity contribution in [2.24, 2.45) is 5.92 Å². The maximum Gasteiger partial charge on any atom is 0.253 e. The number of ether oxygens (including phenoxy) is 2. The van der Waals surface area contributed by atoms with E-state index in [0.717, 1.165) is 35.3 Å². The van der Waals surface area contributed by atoms with Gasteiger partial charge < -0.3 is 19.4 Å². The monoisotopic (exact) mass is 520 g/mol. The minimum atomic E-state index is -0.0295. The molecule has 3 fully saturated rings. The predicted octanol–water partition coefficient (Wildman–Crippen LogP) is 7.31. The summed E-state index contributed by atoms with van der Waals surface area (Å²) in [5.41, 5.74) is 7.16. The highest BCUT2D eigenvalue weighted by Gasteiger charge is 2.40. The van der Waals surface area contributed by atoms with Gasteiger partial charge in [-0.15, -0.1) is 0 Å². The van der Waals surface area contributed by atoms with Crippen molar-refractivity contribution < 1.29 is 14.3 Å². The molecule has 5 heteroatoms. The molecule has 5 rings (SSSR count). The van der Waals surface area contributed by atoms with Crippen molar-refractivity contribution >= 4 is 5.91 Å². The van der Waals surface area contributed by atoms with Crippen LogP contribution in [0.1, 0.15) is 124 Å². The third-order valence-electron chi connectivity index (χ3n) is 9.47. The quantitative estimate of drug-likeness (QED) is 0.416. The molecule has 1 saturated heterocycles. The highest BCUT2D eigenvalue weighted by Crippen LogP contribution is 2.49. The normalized spacial score (nSPS) is 21.3. The Labute approximate surface area is 229 Å². The van der Waals surface area contributed by atoms with Crippen LogP contribution in [0.25, 0.3) is 5.69 Å². The molecule has 3 aliphatic rings. The Hall–Kier alpha value is -2.11. The van der Waals surface area contributed by atoms with E-state index in [0.29, 0.717) is 19.1 Å². The number of hydrogen-bond donors (Lipinski definition) is 1. The molecule has 2 aliphatic carbocycles. The van der Waals surface area contributed by atoms with Gasteiger partial charge in [0.1, 0.15) is 6.10 Å². The molecule has 1 aromatic heterocycles. The number of methoxy groups -OCH3 is 1. The summed E-state index contributed by atoms with van der Waals surface area (Å²) >= 11 is 0. The first-order valence-electron chi connectivity index (χ1n) is 14.9. The van der Waals surface area contributed by atoms with E-state index in [2.05, 4.69) is 68.9 Å². The van der Waals surface area contributed by atoms with Crippen molar-refractivity contribution in [3.05, 3.63) is 52.3 Å². The first-order valence-corrected chi connectivity index (χ1v) is 14.9. The van der Waals surface area contributed by atoms with Gasteiger partial charge in [-0.3, -0.25) is 4.79 Å². The van der Waals surface area contributed by atoms with Crippen LogP contribution < -0.4 is 5.32 Å². The molecule has 2 aromatic rings. The van der Waals surface area contributed by atoms with Crippen LogP contribution >= 0.6 is 0 Å². The van der Waals surface area contributed by atoms with Crippen LogP contribution in [0.15, 0.2) is 24.4 Å². The third-order valence-corrected chi connectivity index (χ3v) is 9.47. The molecule has 1 atom stereocenters. The van der Waals surface area contributed by atoms with Crippen LogP contribution in [-0.2, 0) is 20.3 Å². The molecule has 208 valence electrons. The second kappa shape index (κ2) is 10.8. The van der Waals surface area contributed by atoms with Crippen molar-refractivity contribution in [1.29, 1.82) is 0 Å². The van der Waals surface area contributed by atoms with E-state index in [9.17, 15) is 4.79 Å². The highest BCUT2D eigenvalue weighted by molar-refractivity contribution is 5.96. The molecule has 1 unspecified atom stereocenters. The van der Waals surface area contributed by atoms with Crippen LogP contribution in [0.5, 0.6) is 0 Å². The number of nitrogens with zero attached hydrogens (tertiary/aromatic N) is 1. The molecule has 0 radical (unpaired) electrons. The van der Waals surface area contributed by atoms with Crippen molar-refractivity contribution in [2.45, 2.75) is 115 Å². The van der Waals surface area contributed by atoms with Gasteiger partial charge in [0.25, 0.3) is 5.91 Å². The number of nitrogens with one attached hydrogen (secondary N) is 1. The van der Waals surface area contributed by atoms with Gasteiger partial charge in [0.2, 0.25) is 0 Å². The zero-order chi connectivity index (χ0) is 27.1. The molecule has 1 amide bonds. The molecule has 38 heavy (non-hydrogen) atoms. The second-order valence-corrected chi connectivity index (χ2v) is 13.4. The highest BCUT2D eigenvalue weighted by atomic mass is 16.5. The van der Waals surface area contributed by atoms with E-state index >= 15 is 0 Å². The molecule has 0 bridgehead atoms. The number of benzene rings is 1. The first-order chi connectivity index (χ1) is 18.1. The van der Waals surface area contributed by atoms with Gasteiger partial charge in [-0.25, -0.2) is 0 Å². The maximum atomic E-state index is 13.7. The van der Waals surface area contributed by atoms with E-state index in [4.69, 9.17) is 9.47 Å². The van der Waals surface area contributed by atoms with Gasteiger partial charge in [0.15, 0.2) is 0 Å². The summed E-state index contributed by atoms with van der Waals surface area (Å²) in [4.78, 5) is 13.7. The number of rotatable bonds is 7. The average molecular weight is 521 g/mol. The third kappa shape index (κ3) is 5.60. The van der Waals surface area contributed by atoms with E-state index in [1.54, 1.807) is 0 Å². The Kier molecular flexibility index (Phi) is 7.81. The lowest BCUT2D eigenvalue weighted by atomic mass is 9.82. The molecule has 2 saturated carbocycles. The van der Waals surface area contributed by atoms with E-state index in [-0.39, 0.29) is 28.9 Å². The number of carbonyl (C=O) groups is 1. The van der Waals surface area contributed by atoms with E-state index in [1.807, 2.05) is 7.11 Å². The number of hydrogen-bond acceptors (Lipinski definition) is 3. The van der Waals surface area contributed by atoms with Crippen molar-refractivity contribution in [3.63, 3.8) is 0 Å². The first kappa shape index (κ1) is 27.5. The minimum Gasteiger partial charge on any atom is -0.381 e. The molecule has 2 heterocycles. The molecular weight excluding hydrogens is 472 g/mol. The molecular formula is C33H48N2O3. The topological polar surface area (TPSA) is 52.5 Å². The number of amides is 1. The summed E-state index contributed by atoms with van der Waals surface area (Å²) < 4.78 is 14.1. The van der Waals surface area contributed by atoms with Crippen LogP contribution in [-0.4, -0.2) is 36.8 Å². The zero-order valence-corrected chi connectivity index (χ0v) is 24.5. The largest absolute Gasteiger partial charge is 0.381 e. The Bertz CT molecular complexity index is 1120. The molecule has 0 spiro atoms. The van der Waals surface area contributed by atoms with Gasteiger partial charge in [-0.2, -0.15) is 0 Å². The fourth-order valence-electron chi connectivity index (χ4n) is 6.48. The smallest absolute Gasteiger partial charge is 0.253 e. The Morgan fingerprint density at radius 3 is 2.37 bits per heavy atom. The molecule has 1 aliphatic heterocycles. The van der Waals surface area contributed by atoms with Gasteiger partial charge in [-0.05, 0) is 91.0 Å². The van der Waals surface area contributed by atoms with E-state index < -0.39 is 0 Å². The van der Waals surface area contributed by atoms with Crippen LogP contribution in [0.2, 0.25) is 0 Å². The van der Waals surface area contributed by atoms with Crippen molar-refractivity contribution in [1.82, 2.24) is 9.88 Å². The Morgan fingerprint density at radius 2 is 1.76 bits per heavy atom. The molecule has 5 nitrogen and oxygen atoms in total. The maximum absolute atomic E-state index is 13.7. The fraction of sp³-hybridized carbons (Fsp3) is 0.667. The fourth-order valence-corrected chi connectivity index (χ4v) is 6.48. The SMILES string of the molecule is COC(c1c(C)c(C(=O)NC2CCOCC2)cn1-c1cc(C(C)(C)C)cc(C2(C)CC2)c1)C1CCCCC1. The lowest BCUT2D eigenvalue weighted by molar-refractivity contribution is 0.0307. The summed E-state index contributed by atoms with van der Waals surface area (Å²) in [5, 5.41) is 3.31. The summed E-state index contributed by atoms with van der Waals surface area (Å²) in [7, 11) is 1.85.